The molecule has 1 heterocycles. The fourth-order valence-electron chi connectivity index (χ4n) is 3.30. The third-order valence-corrected chi connectivity index (χ3v) is 4.81. The van der Waals surface area contributed by atoms with Gasteiger partial charge in [-0.1, -0.05) is 36.4 Å². The lowest BCUT2D eigenvalue weighted by Crippen LogP contribution is -2.27. The van der Waals surface area contributed by atoms with Crippen molar-refractivity contribution >= 4 is 28.6 Å². The van der Waals surface area contributed by atoms with Crippen LogP contribution in [0.25, 0.3) is 0 Å². The molecule has 4 heteroatoms. The van der Waals surface area contributed by atoms with Gasteiger partial charge >= 0.3 is 0 Å². The number of anilines is 2. The molecule has 0 radical (unpaired) electrons. The zero-order valence-corrected chi connectivity index (χ0v) is 14.5. The molecule has 0 atom stereocenters. The summed E-state index contributed by atoms with van der Waals surface area (Å²) in [6.07, 6.45) is 0. The maximum atomic E-state index is 13.1. The third kappa shape index (κ3) is 2.79. The molecule has 4 rings (SSSR count). The Bertz CT molecular complexity index is 891. The highest BCUT2D eigenvalue weighted by Gasteiger charge is 2.32. The smallest absolute Gasteiger partial charge is 0.179 e. The van der Waals surface area contributed by atoms with Crippen molar-refractivity contribution in [3.05, 3.63) is 89.7 Å². The Labute approximate surface area is 151 Å². The Morgan fingerprint density at radius 2 is 1.40 bits per heavy atom. The lowest BCUT2D eigenvalue weighted by molar-refractivity contribution is 0.538. The SMILES string of the molecule is CN1c2ccccc2C(C(=S)Oc2ccc(F)cc2)c2ccccc21. The fraction of sp³-hybridized carbons (Fsp3) is 0.0952. The maximum Gasteiger partial charge on any atom is 0.179 e. The Morgan fingerprint density at radius 1 is 0.880 bits per heavy atom. The summed E-state index contributed by atoms with van der Waals surface area (Å²) in [7, 11) is 2.05. The molecule has 0 aliphatic carbocycles. The molecule has 0 spiro atoms. The minimum atomic E-state index is -0.298. The van der Waals surface area contributed by atoms with Gasteiger partial charge in [0, 0.05) is 18.4 Å². The summed E-state index contributed by atoms with van der Waals surface area (Å²) >= 11 is 5.65. The van der Waals surface area contributed by atoms with Crippen LogP contribution in [0, 0.1) is 5.82 Å². The molecule has 25 heavy (non-hydrogen) atoms. The summed E-state index contributed by atoms with van der Waals surface area (Å²) < 4.78 is 19.0. The van der Waals surface area contributed by atoms with E-state index in [1.165, 1.54) is 12.1 Å². The summed E-state index contributed by atoms with van der Waals surface area (Å²) in [5.74, 6) is 0.0946. The second-order valence-electron chi connectivity index (χ2n) is 5.98. The Kier molecular flexibility index (Phi) is 3.98. The Hall–Kier alpha value is -2.72. The van der Waals surface area contributed by atoms with Gasteiger partial charge in [-0.3, -0.25) is 0 Å². The van der Waals surface area contributed by atoms with E-state index in [9.17, 15) is 4.39 Å². The highest BCUT2D eigenvalue weighted by Crippen LogP contribution is 2.45. The standard InChI is InChI=1S/C21H16FNOS/c1-23-18-8-4-2-6-16(18)20(17-7-3-5-9-19(17)23)21(25)24-15-12-10-14(22)11-13-15/h2-13,20H,1H3. The number of hydrogen-bond acceptors (Lipinski definition) is 3. The first-order valence-electron chi connectivity index (χ1n) is 8.04. The number of hydrogen-bond donors (Lipinski definition) is 0. The second-order valence-corrected chi connectivity index (χ2v) is 6.39. The van der Waals surface area contributed by atoms with Crippen LogP contribution >= 0.6 is 12.2 Å². The molecule has 2 nitrogen and oxygen atoms in total. The third-order valence-electron chi connectivity index (χ3n) is 4.49. The predicted molar refractivity (Wildman–Crippen MR) is 102 cm³/mol. The van der Waals surface area contributed by atoms with Gasteiger partial charge in [0.05, 0.1) is 5.92 Å². The van der Waals surface area contributed by atoms with Crippen LogP contribution in [0.5, 0.6) is 5.75 Å². The van der Waals surface area contributed by atoms with Crippen LogP contribution in [-0.2, 0) is 0 Å². The molecule has 0 saturated heterocycles. The van der Waals surface area contributed by atoms with Crippen molar-refractivity contribution in [2.24, 2.45) is 0 Å². The van der Waals surface area contributed by atoms with Crippen LogP contribution in [0.4, 0.5) is 15.8 Å². The predicted octanol–water partition coefficient (Wildman–Crippen LogP) is 5.45. The Morgan fingerprint density at radius 3 is 1.96 bits per heavy atom. The molecule has 3 aromatic rings. The van der Waals surface area contributed by atoms with Crippen LogP contribution < -0.4 is 9.64 Å². The second kappa shape index (κ2) is 6.30. The molecular formula is C21H16FNOS. The zero-order chi connectivity index (χ0) is 17.4. The fourth-order valence-corrected chi connectivity index (χ4v) is 3.65. The lowest BCUT2D eigenvalue weighted by atomic mass is 9.85. The highest BCUT2D eigenvalue weighted by atomic mass is 32.1. The molecule has 1 aliphatic heterocycles. The minimum absolute atomic E-state index is 0.149. The molecule has 3 aromatic carbocycles. The van der Waals surface area contributed by atoms with Crippen molar-refractivity contribution in [3.8, 4) is 5.75 Å². The van der Waals surface area contributed by atoms with Crippen molar-refractivity contribution in [1.82, 2.24) is 0 Å². The van der Waals surface area contributed by atoms with Gasteiger partial charge < -0.3 is 9.64 Å². The molecule has 1 aliphatic rings. The molecule has 0 fully saturated rings. The molecular weight excluding hydrogens is 333 g/mol. The number of para-hydroxylation sites is 2. The van der Waals surface area contributed by atoms with Crippen LogP contribution in [0.15, 0.2) is 72.8 Å². The molecule has 124 valence electrons. The van der Waals surface area contributed by atoms with Crippen molar-refractivity contribution in [3.63, 3.8) is 0 Å². The van der Waals surface area contributed by atoms with Crippen LogP contribution in [0.3, 0.4) is 0 Å². The van der Waals surface area contributed by atoms with E-state index in [4.69, 9.17) is 17.0 Å². The van der Waals surface area contributed by atoms with Gasteiger partial charge in [0.25, 0.3) is 0 Å². The van der Waals surface area contributed by atoms with Crippen LogP contribution in [0.1, 0.15) is 17.0 Å². The zero-order valence-electron chi connectivity index (χ0n) is 13.6. The summed E-state index contributed by atoms with van der Waals surface area (Å²) in [5, 5.41) is 0.458. The van der Waals surface area contributed by atoms with Crippen molar-refractivity contribution in [2.75, 3.05) is 11.9 Å². The molecule has 0 bridgehead atoms. The van der Waals surface area contributed by atoms with Gasteiger partial charge in [0.1, 0.15) is 11.6 Å². The van der Waals surface area contributed by atoms with Crippen LogP contribution in [-0.4, -0.2) is 12.1 Å². The van der Waals surface area contributed by atoms with Gasteiger partial charge in [0.15, 0.2) is 5.05 Å². The number of thiocarbonyl (C=S) groups is 1. The van der Waals surface area contributed by atoms with E-state index >= 15 is 0 Å². The van der Waals surface area contributed by atoms with Crippen LogP contribution in [0.2, 0.25) is 0 Å². The molecule has 0 saturated carbocycles. The lowest BCUT2D eigenvalue weighted by Gasteiger charge is -2.35. The van der Waals surface area contributed by atoms with Crippen molar-refractivity contribution < 1.29 is 9.13 Å². The van der Waals surface area contributed by atoms with Gasteiger partial charge in [-0.15, -0.1) is 0 Å². The van der Waals surface area contributed by atoms with E-state index in [0.717, 1.165) is 22.5 Å². The van der Waals surface area contributed by atoms with E-state index in [1.807, 2.05) is 24.3 Å². The summed E-state index contributed by atoms with van der Waals surface area (Å²) in [6, 6.07) is 22.3. The van der Waals surface area contributed by atoms with E-state index < -0.39 is 0 Å². The van der Waals surface area contributed by atoms with Gasteiger partial charge in [-0.25, -0.2) is 4.39 Å². The molecule has 0 aromatic heterocycles. The first kappa shape index (κ1) is 15.8. The molecule has 0 N–H and O–H groups in total. The highest BCUT2D eigenvalue weighted by molar-refractivity contribution is 7.80. The van der Waals surface area contributed by atoms with Gasteiger partial charge in [-0.2, -0.15) is 0 Å². The van der Waals surface area contributed by atoms with Gasteiger partial charge in [0.2, 0.25) is 0 Å². The van der Waals surface area contributed by atoms with E-state index in [-0.39, 0.29) is 11.7 Å². The first-order valence-corrected chi connectivity index (χ1v) is 8.45. The maximum absolute atomic E-state index is 13.1. The molecule has 0 unspecified atom stereocenters. The van der Waals surface area contributed by atoms with E-state index in [0.29, 0.717) is 10.8 Å². The summed E-state index contributed by atoms with van der Waals surface area (Å²) in [4.78, 5) is 2.17. The van der Waals surface area contributed by atoms with Crippen molar-refractivity contribution in [2.45, 2.75) is 5.92 Å². The normalized spacial score (nSPS) is 13.1. The monoisotopic (exact) mass is 349 g/mol. The Balaban J connectivity index is 1.77. The largest absolute Gasteiger partial charge is 0.449 e. The van der Waals surface area contributed by atoms with E-state index in [2.05, 4.69) is 36.2 Å². The topological polar surface area (TPSA) is 12.5 Å². The number of benzene rings is 3. The number of ether oxygens (including phenoxy) is 1. The average Bonchev–Trinajstić information content (AvgIpc) is 2.64. The number of halogens is 1. The minimum Gasteiger partial charge on any atom is -0.449 e. The van der Waals surface area contributed by atoms with E-state index in [1.54, 1.807) is 12.1 Å². The van der Waals surface area contributed by atoms with Crippen molar-refractivity contribution in [1.29, 1.82) is 0 Å². The molecule has 0 amide bonds. The number of rotatable bonds is 2. The average molecular weight is 349 g/mol. The first-order chi connectivity index (χ1) is 12.1. The van der Waals surface area contributed by atoms with Gasteiger partial charge in [-0.05, 0) is 59.7 Å². The summed E-state index contributed by atoms with van der Waals surface area (Å²) in [5.41, 5.74) is 4.43. The summed E-state index contributed by atoms with van der Waals surface area (Å²) in [6.45, 7) is 0. The number of nitrogens with zero attached hydrogens (tertiary/aromatic N) is 1. The quantitative estimate of drug-likeness (QED) is 0.571. The number of fused-ring (bicyclic) bond motifs is 2.